The number of aryl methyl sites for hydroxylation is 1. The number of hydrogen-bond donors (Lipinski definition) is 1. The summed E-state index contributed by atoms with van der Waals surface area (Å²) < 4.78 is 6.94. The zero-order chi connectivity index (χ0) is 15.5. The molecule has 5 heteroatoms. The van der Waals surface area contributed by atoms with Crippen molar-refractivity contribution in [2.75, 3.05) is 18.0 Å². The van der Waals surface area contributed by atoms with Crippen LogP contribution in [0.1, 0.15) is 17.5 Å². The summed E-state index contributed by atoms with van der Waals surface area (Å²) in [6, 6.07) is 9.93. The minimum absolute atomic E-state index is 0.0380. The SMILES string of the molecule is Cc1ccc(O[C@H]2CCN(c3ccc(Br)cc3CO)C2)nc1. The van der Waals surface area contributed by atoms with Crippen molar-refractivity contribution in [2.24, 2.45) is 0 Å². The quantitative estimate of drug-likeness (QED) is 0.906. The minimum atomic E-state index is 0.0380. The topological polar surface area (TPSA) is 45.6 Å². The molecule has 1 aliphatic rings. The summed E-state index contributed by atoms with van der Waals surface area (Å²) in [6.45, 7) is 3.78. The monoisotopic (exact) mass is 362 g/mol. The van der Waals surface area contributed by atoms with E-state index in [0.29, 0.717) is 5.88 Å². The number of aromatic nitrogens is 1. The highest BCUT2D eigenvalue weighted by atomic mass is 79.9. The van der Waals surface area contributed by atoms with E-state index in [1.807, 2.05) is 43.5 Å². The Morgan fingerprint density at radius 2 is 2.23 bits per heavy atom. The van der Waals surface area contributed by atoms with Crippen LogP contribution >= 0.6 is 15.9 Å². The Hall–Kier alpha value is -1.59. The van der Waals surface area contributed by atoms with Gasteiger partial charge in [-0.25, -0.2) is 4.98 Å². The van der Waals surface area contributed by atoms with Crippen LogP contribution in [0.15, 0.2) is 41.0 Å². The Labute approximate surface area is 138 Å². The Balaban J connectivity index is 1.68. The van der Waals surface area contributed by atoms with Gasteiger partial charge in [0.25, 0.3) is 0 Å². The van der Waals surface area contributed by atoms with Crippen molar-refractivity contribution in [2.45, 2.75) is 26.1 Å². The number of nitrogens with zero attached hydrogens (tertiary/aromatic N) is 2. The molecule has 3 rings (SSSR count). The summed E-state index contributed by atoms with van der Waals surface area (Å²) in [6.07, 6.45) is 2.90. The van der Waals surface area contributed by atoms with E-state index in [9.17, 15) is 5.11 Å². The smallest absolute Gasteiger partial charge is 0.213 e. The fourth-order valence-electron chi connectivity index (χ4n) is 2.73. The molecule has 1 N–H and O–H groups in total. The summed E-state index contributed by atoms with van der Waals surface area (Å²) in [5, 5.41) is 9.54. The third-order valence-electron chi connectivity index (χ3n) is 3.87. The van der Waals surface area contributed by atoms with E-state index < -0.39 is 0 Å². The molecule has 1 aromatic carbocycles. The lowest BCUT2D eigenvalue weighted by molar-refractivity contribution is 0.215. The maximum atomic E-state index is 9.54. The van der Waals surface area contributed by atoms with Gasteiger partial charge in [-0.3, -0.25) is 0 Å². The number of ether oxygens (including phenoxy) is 1. The lowest BCUT2D eigenvalue weighted by Gasteiger charge is -2.21. The number of hydrogen-bond acceptors (Lipinski definition) is 4. The number of halogens is 1. The molecule has 0 bridgehead atoms. The van der Waals surface area contributed by atoms with Gasteiger partial charge in [-0.2, -0.15) is 0 Å². The van der Waals surface area contributed by atoms with Gasteiger partial charge in [-0.1, -0.05) is 22.0 Å². The largest absolute Gasteiger partial charge is 0.472 e. The molecule has 0 amide bonds. The van der Waals surface area contributed by atoms with Crippen molar-refractivity contribution in [3.63, 3.8) is 0 Å². The van der Waals surface area contributed by atoms with E-state index in [4.69, 9.17) is 4.74 Å². The molecule has 1 saturated heterocycles. The summed E-state index contributed by atoms with van der Waals surface area (Å²) in [4.78, 5) is 6.56. The highest BCUT2D eigenvalue weighted by Gasteiger charge is 2.25. The molecule has 0 aliphatic carbocycles. The molecule has 1 fully saturated rings. The molecule has 0 spiro atoms. The number of pyridine rings is 1. The number of anilines is 1. The standard InChI is InChI=1S/C17H19BrN2O2/c1-12-2-5-17(19-9-12)22-15-6-7-20(10-15)16-4-3-14(18)8-13(16)11-21/h2-5,8-9,15,21H,6-7,10-11H2,1H3/t15-/m0/s1. The van der Waals surface area contributed by atoms with Crippen molar-refractivity contribution in [3.8, 4) is 5.88 Å². The van der Waals surface area contributed by atoms with Crippen molar-refractivity contribution < 1.29 is 9.84 Å². The second-order valence-corrected chi connectivity index (χ2v) is 6.50. The highest BCUT2D eigenvalue weighted by Crippen LogP contribution is 2.28. The highest BCUT2D eigenvalue weighted by molar-refractivity contribution is 9.10. The lowest BCUT2D eigenvalue weighted by Crippen LogP contribution is -2.25. The van der Waals surface area contributed by atoms with Crippen LogP contribution in [-0.4, -0.2) is 29.3 Å². The van der Waals surface area contributed by atoms with Gasteiger partial charge >= 0.3 is 0 Å². The van der Waals surface area contributed by atoms with Crippen LogP contribution in [0.4, 0.5) is 5.69 Å². The number of rotatable bonds is 4. The first kappa shape index (κ1) is 15.3. The van der Waals surface area contributed by atoms with E-state index in [2.05, 4.69) is 25.8 Å². The molecular formula is C17H19BrN2O2. The lowest BCUT2D eigenvalue weighted by atomic mass is 10.2. The number of benzene rings is 1. The van der Waals surface area contributed by atoms with E-state index in [0.717, 1.165) is 40.8 Å². The second kappa shape index (κ2) is 6.67. The van der Waals surface area contributed by atoms with Crippen molar-refractivity contribution in [3.05, 3.63) is 52.1 Å². The van der Waals surface area contributed by atoms with E-state index in [1.165, 1.54) is 0 Å². The van der Waals surface area contributed by atoms with Gasteiger partial charge in [-0.05, 0) is 30.7 Å². The average molecular weight is 363 g/mol. The third-order valence-corrected chi connectivity index (χ3v) is 4.36. The number of aliphatic hydroxyl groups excluding tert-OH is 1. The van der Waals surface area contributed by atoms with Crippen molar-refractivity contribution in [1.29, 1.82) is 0 Å². The van der Waals surface area contributed by atoms with Gasteiger partial charge < -0.3 is 14.7 Å². The molecule has 2 aromatic rings. The molecule has 116 valence electrons. The fraction of sp³-hybridized carbons (Fsp3) is 0.353. The van der Waals surface area contributed by atoms with Crippen LogP contribution in [0.5, 0.6) is 5.88 Å². The Morgan fingerprint density at radius 1 is 1.36 bits per heavy atom. The maximum Gasteiger partial charge on any atom is 0.213 e. The molecule has 1 aromatic heterocycles. The first-order valence-corrected chi connectivity index (χ1v) is 8.18. The van der Waals surface area contributed by atoms with E-state index >= 15 is 0 Å². The Morgan fingerprint density at radius 3 is 2.95 bits per heavy atom. The predicted molar refractivity (Wildman–Crippen MR) is 90.3 cm³/mol. The first-order valence-electron chi connectivity index (χ1n) is 7.39. The van der Waals surface area contributed by atoms with E-state index in [-0.39, 0.29) is 12.7 Å². The fourth-order valence-corrected chi connectivity index (χ4v) is 3.14. The van der Waals surface area contributed by atoms with Gasteiger partial charge in [0.2, 0.25) is 5.88 Å². The molecule has 0 unspecified atom stereocenters. The predicted octanol–water partition coefficient (Wildman–Crippen LogP) is 3.30. The summed E-state index contributed by atoms with van der Waals surface area (Å²) >= 11 is 3.45. The van der Waals surface area contributed by atoms with E-state index in [1.54, 1.807) is 0 Å². The molecule has 1 atom stereocenters. The molecule has 0 saturated carbocycles. The van der Waals surface area contributed by atoms with Gasteiger partial charge in [0.15, 0.2) is 0 Å². The molecule has 0 radical (unpaired) electrons. The number of aliphatic hydroxyl groups is 1. The Kier molecular flexibility index (Phi) is 4.64. The first-order chi connectivity index (χ1) is 10.7. The van der Waals surface area contributed by atoms with Crippen LogP contribution in [0.2, 0.25) is 0 Å². The molecule has 22 heavy (non-hydrogen) atoms. The molecule has 1 aliphatic heterocycles. The van der Waals surface area contributed by atoms with Crippen LogP contribution in [0.25, 0.3) is 0 Å². The summed E-state index contributed by atoms with van der Waals surface area (Å²) in [5.74, 6) is 0.677. The minimum Gasteiger partial charge on any atom is -0.472 e. The Bertz CT molecular complexity index is 646. The summed E-state index contributed by atoms with van der Waals surface area (Å²) in [7, 11) is 0. The zero-order valence-electron chi connectivity index (χ0n) is 12.5. The molecule has 4 nitrogen and oxygen atoms in total. The van der Waals surface area contributed by atoms with Gasteiger partial charge in [0, 0.05) is 41.0 Å². The summed E-state index contributed by atoms with van der Waals surface area (Å²) in [5.41, 5.74) is 3.14. The van der Waals surface area contributed by atoms with Crippen LogP contribution in [0, 0.1) is 6.92 Å². The molecule has 2 heterocycles. The third kappa shape index (κ3) is 3.42. The normalized spacial score (nSPS) is 17.8. The maximum absolute atomic E-state index is 9.54. The van der Waals surface area contributed by atoms with Gasteiger partial charge in [0.05, 0.1) is 13.2 Å². The van der Waals surface area contributed by atoms with Gasteiger partial charge in [0.1, 0.15) is 6.10 Å². The average Bonchev–Trinajstić information content (AvgIpc) is 2.97. The van der Waals surface area contributed by atoms with Crippen molar-refractivity contribution in [1.82, 2.24) is 4.98 Å². The van der Waals surface area contributed by atoms with Crippen LogP contribution in [0.3, 0.4) is 0 Å². The molecular weight excluding hydrogens is 344 g/mol. The van der Waals surface area contributed by atoms with Gasteiger partial charge in [-0.15, -0.1) is 0 Å². The van der Waals surface area contributed by atoms with Crippen LogP contribution < -0.4 is 9.64 Å². The second-order valence-electron chi connectivity index (χ2n) is 5.58. The zero-order valence-corrected chi connectivity index (χ0v) is 14.1. The van der Waals surface area contributed by atoms with Crippen molar-refractivity contribution >= 4 is 21.6 Å². The van der Waals surface area contributed by atoms with Crippen LogP contribution in [-0.2, 0) is 6.61 Å².